The fourth-order valence-electron chi connectivity index (χ4n) is 3.92. The fourth-order valence-corrected chi connectivity index (χ4v) is 3.92. The Morgan fingerprint density at radius 3 is 2.56 bits per heavy atom. The number of aryl methyl sites for hydroxylation is 2. The van der Waals surface area contributed by atoms with Gasteiger partial charge >= 0.3 is 5.69 Å². The number of aliphatic imine (C=N–C) groups is 1. The number of nitrogens with zero attached hydrogens (tertiary/aromatic N) is 2. The van der Waals surface area contributed by atoms with Gasteiger partial charge in [-0.3, -0.25) is 9.56 Å². The minimum Gasteiger partial charge on any atom is -0.312 e. The van der Waals surface area contributed by atoms with Gasteiger partial charge in [-0.2, -0.15) is 0 Å². The highest BCUT2D eigenvalue weighted by molar-refractivity contribution is 6.06. The standard InChI is InChI=1S/C21H27FN4O/c1-12-8-17(9-13(2)20(12)22)11-24-18-10-14(3)25-15(4)19(18)16(5)26-7-6-23-21(26)27/h6-9,14-15,25H,10-11H2,1-5H3,(H,23,27)/b19-16+,24-18?/t14-,15+/m1/s1. The number of imidazole rings is 1. The van der Waals surface area contributed by atoms with Gasteiger partial charge in [0.1, 0.15) is 5.82 Å². The lowest BCUT2D eigenvalue weighted by Gasteiger charge is -2.32. The summed E-state index contributed by atoms with van der Waals surface area (Å²) in [5.74, 6) is -0.154. The third kappa shape index (κ3) is 3.95. The molecule has 0 radical (unpaired) electrons. The quantitative estimate of drug-likeness (QED) is 0.868. The first-order valence-corrected chi connectivity index (χ1v) is 9.30. The van der Waals surface area contributed by atoms with Gasteiger partial charge < -0.3 is 10.3 Å². The molecule has 1 aliphatic heterocycles. The second-order valence-corrected chi connectivity index (χ2v) is 7.43. The summed E-state index contributed by atoms with van der Waals surface area (Å²) < 4.78 is 15.5. The summed E-state index contributed by atoms with van der Waals surface area (Å²) in [7, 11) is 0. The van der Waals surface area contributed by atoms with Crippen LogP contribution in [-0.4, -0.2) is 27.3 Å². The van der Waals surface area contributed by atoms with Gasteiger partial charge in [0.25, 0.3) is 0 Å². The Bertz CT molecular complexity index is 944. The Morgan fingerprint density at radius 1 is 1.30 bits per heavy atom. The lowest BCUT2D eigenvalue weighted by atomic mass is 9.90. The van der Waals surface area contributed by atoms with Crippen LogP contribution < -0.4 is 11.0 Å². The predicted molar refractivity (Wildman–Crippen MR) is 108 cm³/mol. The molecule has 1 aromatic carbocycles. The highest BCUT2D eigenvalue weighted by atomic mass is 19.1. The number of nitrogens with one attached hydrogen (secondary N) is 2. The van der Waals surface area contributed by atoms with Crippen molar-refractivity contribution in [2.24, 2.45) is 4.99 Å². The van der Waals surface area contributed by atoms with Gasteiger partial charge in [-0.05, 0) is 51.3 Å². The molecule has 2 atom stereocenters. The molecule has 2 heterocycles. The summed E-state index contributed by atoms with van der Waals surface area (Å²) >= 11 is 0. The van der Waals surface area contributed by atoms with Crippen molar-refractivity contribution in [3.05, 3.63) is 63.1 Å². The van der Waals surface area contributed by atoms with Crippen LogP contribution in [-0.2, 0) is 6.54 Å². The van der Waals surface area contributed by atoms with E-state index in [-0.39, 0.29) is 17.5 Å². The van der Waals surface area contributed by atoms with Crippen LogP contribution in [0.25, 0.3) is 5.70 Å². The van der Waals surface area contributed by atoms with Crippen LogP contribution in [0.1, 0.15) is 43.9 Å². The highest BCUT2D eigenvalue weighted by Gasteiger charge is 2.27. The summed E-state index contributed by atoms with van der Waals surface area (Å²) in [6.45, 7) is 10.2. The van der Waals surface area contributed by atoms with Gasteiger partial charge in [0, 0.05) is 47.9 Å². The number of hydrogen-bond donors (Lipinski definition) is 2. The lowest BCUT2D eigenvalue weighted by Crippen LogP contribution is -2.45. The molecule has 144 valence electrons. The van der Waals surface area contributed by atoms with Crippen molar-refractivity contribution in [1.29, 1.82) is 0 Å². The molecule has 0 spiro atoms. The Labute approximate surface area is 159 Å². The fraction of sp³-hybridized carbons (Fsp3) is 0.429. The molecule has 2 N–H and O–H groups in total. The van der Waals surface area contributed by atoms with E-state index in [1.54, 1.807) is 30.8 Å². The largest absolute Gasteiger partial charge is 0.329 e. The second-order valence-electron chi connectivity index (χ2n) is 7.43. The number of H-pyrrole nitrogens is 1. The van der Waals surface area contributed by atoms with Crippen molar-refractivity contribution in [2.45, 2.75) is 59.7 Å². The van der Waals surface area contributed by atoms with E-state index < -0.39 is 0 Å². The number of aromatic nitrogens is 2. The predicted octanol–water partition coefficient (Wildman–Crippen LogP) is 3.57. The highest BCUT2D eigenvalue weighted by Crippen LogP contribution is 2.24. The minimum atomic E-state index is -0.157. The number of piperidine rings is 1. The first kappa shape index (κ1) is 19.3. The van der Waals surface area contributed by atoms with Gasteiger partial charge in [0.05, 0.1) is 6.54 Å². The average Bonchev–Trinajstić information content (AvgIpc) is 3.02. The van der Waals surface area contributed by atoms with Gasteiger partial charge in [-0.1, -0.05) is 12.1 Å². The third-order valence-electron chi connectivity index (χ3n) is 5.13. The third-order valence-corrected chi connectivity index (χ3v) is 5.13. The molecule has 6 heteroatoms. The topological polar surface area (TPSA) is 62.2 Å². The van der Waals surface area contributed by atoms with Crippen LogP contribution in [0.3, 0.4) is 0 Å². The van der Waals surface area contributed by atoms with E-state index in [2.05, 4.69) is 24.1 Å². The molecular weight excluding hydrogens is 343 g/mol. The summed E-state index contributed by atoms with van der Waals surface area (Å²) in [5, 5.41) is 3.53. The number of benzene rings is 1. The van der Waals surface area contributed by atoms with Crippen molar-refractivity contribution in [1.82, 2.24) is 14.9 Å². The first-order chi connectivity index (χ1) is 12.8. The summed E-state index contributed by atoms with van der Waals surface area (Å²) in [6.07, 6.45) is 4.16. The normalized spacial score (nSPS) is 23.7. The lowest BCUT2D eigenvalue weighted by molar-refractivity contribution is 0.497. The van der Waals surface area contributed by atoms with Crippen LogP contribution >= 0.6 is 0 Å². The Morgan fingerprint density at radius 2 is 1.96 bits per heavy atom. The van der Waals surface area contributed by atoms with Crippen molar-refractivity contribution in [3.63, 3.8) is 0 Å². The number of hydrogen-bond acceptors (Lipinski definition) is 3. The van der Waals surface area contributed by atoms with Gasteiger partial charge in [0.15, 0.2) is 0 Å². The average molecular weight is 370 g/mol. The smallest absolute Gasteiger partial charge is 0.312 e. The van der Waals surface area contributed by atoms with E-state index in [1.165, 1.54) is 0 Å². The Balaban J connectivity index is 2.01. The first-order valence-electron chi connectivity index (χ1n) is 9.30. The van der Waals surface area contributed by atoms with Crippen LogP contribution in [0.15, 0.2) is 39.9 Å². The molecular formula is C21H27FN4O. The van der Waals surface area contributed by atoms with Gasteiger partial charge in [-0.15, -0.1) is 0 Å². The second kappa shape index (κ2) is 7.64. The molecule has 27 heavy (non-hydrogen) atoms. The van der Waals surface area contributed by atoms with Crippen molar-refractivity contribution in [3.8, 4) is 0 Å². The van der Waals surface area contributed by atoms with Crippen molar-refractivity contribution < 1.29 is 4.39 Å². The van der Waals surface area contributed by atoms with E-state index in [4.69, 9.17) is 4.99 Å². The van der Waals surface area contributed by atoms with Gasteiger partial charge in [0.2, 0.25) is 0 Å². The summed E-state index contributed by atoms with van der Waals surface area (Å²) in [5.41, 5.74) is 5.04. The maximum Gasteiger partial charge on any atom is 0.329 e. The molecule has 2 aromatic rings. The van der Waals surface area contributed by atoms with E-state index >= 15 is 0 Å². The van der Waals surface area contributed by atoms with E-state index in [0.29, 0.717) is 23.7 Å². The molecule has 1 saturated heterocycles. The number of aromatic amines is 1. The molecule has 1 aromatic heterocycles. The Hall–Kier alpha value is -2.47. The zero-order valence-electron chi connectivity index (χ0n) is 16.6. The van der Waals surface area contributed by atoms with E-state index in [9.17, 15) is 9.18 Å². The molecule has 0 aliphatic carbocycles. The maximum absolute atomic E-state index is 13.9. The Kier molecular flexibility index (Phi) is 5.46. The van der Waals surface area contributed by atoms with Crippen LogP contribution in [0.4, 0.5) is 4.39 Å². The molecule has 0 bridgehead atoms. The zero-order valence-corrected chi connectivity index (χ0v) is 16.6. The maximum atomic E-state index is 13.9. The number of rotatable bonds is 3. The minimum absolute atomic E-state index is 0.0889. The van der Waals surface area contributed by atoms with Gasteiger partial charge in [-0.25, -0.2) is 9.18 Å². The van der Waals surface area contributed by atoms with Crippen molar-refractivity contribution in [2.75, 3.05) is 0 Å². The molecule has 0 unspecified atom stereocenters. The van der Waals surface area contributed by atoms with Crippen LogP contribution in [0.2, 0.25) is 0 Å². The molecule has 1 fully saturated rings. The van der Waals surface area contributed by atoms with Crippen LogP contribution in [0.5, 0.6) is 0 Å². The molecule has 0 amide bonds. The molecule has 3 rings (SSSR count). The molecule has 1 aliphatic rings. The monoisotopic (exact) mass is 370 g/mol. The molecule has 0 saturated carbocycles. The SMILES string of the molecule is C/C(=C1\C(=NCc2cc(C)c(F)c(C)c2)C[C@@H](C)N[C@H]1C)n1cc[nH]c1=O. The zero-order chi connectivity index (χ0) is 19.7. The summed E-state index contributed by atoms with van der Waals surface area (Å²) in [4.78, 5) is 19.6. The number of allylic oxidation sites excluding steroid dienone is 1. The van der Waals surface area contributed by atoms with E-state index in [0.717, 1.165) is 29.0 Å². The van der Waals surface area contributed by atoms with Crippen LogP contribution in [0, 0.1) is 19.7 Å². The van der Waals surface area contributed by atoms with E-state index in [1.807, 2.05) is 19.1 Å². The number of halogens is 1. The van der Waals surface area contributed by atoms with Crippen molar-refractivity contribution >= 4 is 11.4 Å². The summed E-state index contributed by atoms with van der Waals surface area (Å²) in [6, 6.07) is 4.10. The molecule has 5 nitrogen and oxygen atoms in total.